The smallest absolute Gasteiger partial charge is 0.0270 e. The third kappa shape index (κ3) is 7.15. The number of hydrogen-bond acceptors (Lipinski definition) is 1. The minimum Gasteiger partial charge on any atom is -0.386 e. The molecule has 0 aromatic heterocycles. The van der Waals surface area contributed by atoms with Crippen molar-refractivity contribution in [1.29, 1.82) is 0 Å². The van der Waals surface area contributed by atoms with Gasteiger partial charge in [-0.2, -0.15) is 0 Å². The Morgan fingerprint density at radius 3 is 2.41 bits per heavy atom. The highest BCUT2D eigenvalue weighted by molar-refractivity contribution is 5.16. The van der Waals surface area contributed by atoms with Crippen LogP contribution in [-0.2, 0) is 6.42 Å². The van der Waals surface area contributed by atoms with Gasteiger partial charge in [0, 0.05) is 11.7 Å². The molecule has 1 aromatic carbocycles. The van der Waals surface area contributed by atoms with Gasteiger partial charge in [0.1, 0.15) is 0 Å². The second kappa shape index (κ2) is 9.02. The van der Waals surface area contributed by atoms with E-state index in [2.05, 4.69) is 76.8 Å². The van der Waals surface area contributed by atoms with Crippen molar-refractivity contribution >= 4 is 0 Å². The fraction of sp³-hybridized carbons (Fsp3) is 0.619. The summed E-state index contributed by atoms with van der Waals surface area (Å²) in [5.41, 5.74) is 2.97. The molecule has 22 heavy (non-hydrogen) atoms. The van der Waals surface area contributed by atoms with Crippen molar-refractivity contribution in [2.24, 2.45) is 11.3 Å². The van der Waals surface area contributed by atoms with E-state index in [0.717, 1.165) is 6.42 Å². The molecule has 0 saturated carbocycles. The van der Waals surface area contributed by atoms with Crippen LogP contribution in [0.2, 0.25) is 0 Å². The average molecular weight is 302 g/mol. The minimum absolute atomic E-state index is 0.405. The van der Waals surface area contributed by atoms with E-state index in [0.29, 0.717) is 17.4 Å². The second-order valence-electron chi connectivity index (χ2n) is 7.63. The van der Waals surface area contributed by atoms with Gasteiger partial charge in [-0.25, -0.2) is 0 Å². The van der Waals surface area contributed by atoms with Gasteiger partial charge in [0.25, 0.3) is 0 Å². The van der Waals surface area contributed by atoms with Crippen LogP contribution in [0.15, 0.2) is 42.6 Å². The van der Waals surface area contributed by atoms with Crippen molar-refractivity contribution in [3.8, 4) is 0 Å². The standard InChI is InChI=1S/C21H35N/c1-7-8-14-21(5,6)16-17(2)19(4)22-18(3)15-20-12-10-9-11-13-20/h9-13,17-18,22H,4,7-8,14-16H2,1-3,5-6H3/t17-,18-/m1/s1. The molecular formula is C21H35N. The maximum atomic E-state index is 4.29. The van der Waals surface area contributed by atoms with Crippen molar-refractivity contribution in [3.05, 3.63) is 48.2 Å². The summed E-state index contributed by atoms with van der Waals surface area (Å²) in [6.07, 6.45) is 6.17. The highest BCUT2D eigenvalue weighted by Gasteiger charge is 2.22. The molecule has 0 fully saturated rings. The number of hydrogen-bond donors (Lipinski definition) is 1. The molecule has 0 radical (unpaired) electrons. The Kier molecular flexibility index (Phi) is 7.72. The Bertz CT molecular complexity index is 432. The van der Waals surface area contributed by atoms with Crippen molar-refractivity contribution in [2.75, 3.05) is 0 Å². The number of benzene rings is 1. The SMILES string of the molecule is C=C(N[C@H](C)Cc1ccccc1)[C@H](C)CC(C)(C)CCCC. The zero-order valence-electron chi connectivity index (χ0n) is 15.3. The van der Waals surface area contributed by atoms with Crippen LogP contribution in [-0.4, -0.2) is 6.04 Å². The molecule has 0 aliphatic heterocycles. The van der Waals surface area contributed by atoms with Crippen LogP contribution >= 0.6 is 0 Å². The molecular weight excluding hydrogens is 266 g/mol. The lowest BCUT2D eigenvalue weighted by Crippen LogP contribution is -2.31. The summed E-state index contributed by atoms with van der Waals surface area (Å²) in [4.78, 5) is 0. The van der Waals surface area contributed by atoms with E-state index in [-0.39, 0.29) is 0 Å². The first-order chi connectivity index (χ1) is 10.3. The van der Waals surface area contributed by atoms with Crippen LogP contribution in [0, 0.1) is 11.3 Å². The van der Waals surface area contributed by atoms with Crippen LogP contribution in [0.3, 0.4) is 0 Å². The molecule has 1 nitrogen and oxygen atoms in total. The molecule has 0 amide bonds. The summed E-state index contributed by atoms with van der Waals surface area (Å²) in [7, 11) is 0. The average Bonchev–Trinajstić information content (AvgIpc) is 2.45. The normalized spacial score (nSPS) is 14.4. The molecule has 1 heteroatoms. The quantitative estimate of drug-likeness (QED) is 0.562. The van der Waals surface area contributed by atoms with E-state index in [1.54, 1.807) is 0 Å². The van der Waals surface area contributed by atoms with Crippen molar-refractivity contribution < 1.29 is 0 Å². The Morgan fingerprint density at radius 2 is 1.82 bits per heavy atom. The molecule has 1 aromatic rings. The molecule has 0 aliphatic rings. The minimum atomic E-state index is 0.405. The van der Waals surface area contributed by atoms with Crippen molar-refractivity contribution in [1.82, 2.24) is 5.32 Å². The monoisotopic (exact) mass is 301 g/mol. The predicted octanol–water partition coefficient (Wildman–Crippen LogP) is 5.96. The first kappa shape index (κ1) is 18.8. The van der Waals surface area contributed by atoms with Gasteiger partial charge >= 0.3 is 0 Å². The molecule has 124 valence electrons. The van der Waals surface area contributed by atoms with Crippen LogP contribution in [0.25, 0.3) is 0 Å². The van der Waals surface area contributed by atoms with E-state index in [9.17, 15) is 0 Å². The summed E-state index contributed by atoms with van der Waals surface area (Å²) in [6, 6.07) is 11.1. The molecule has 0 bridgehead atoms. The number of nitrogens with one attached hydrogen (secondary N) is 1. The first-order valence-electron chi connectivity index (χ1n) is 8.83. The van der Waals surface area contributed by atoms with E-state index in [1.165, 1.54) is 36.9 Å². The van der Waals surface area contributed by atoms with Crippen molar-refractivity contribution in [2.45, 2.75) is 72.8 Å². The molecule has 0 aliphatic carbocycles. The van der Waals surface area contributed by atoms with E-state index < -0.39 is 0 Å². The zero-order chi connectivity index (χ0) is 16.6. The molecule has 1 rings (SSSR count). The summed E-state index contributed by atoms with van der Waals surface area (Å²) < 4.78 is 0. The fourth-order valence-electron chi connectivity index (χ4n) is 3.19. The number of unbranched alkanes of at least 4 members (excludes halogenated alkanes) is 1. The predicted molar refractivity (Wildman–Crippen MR) is 99.0 cm³/mol. The fourth-order valence-corrected chi connectivity index (χ4v) is 3.19. The molecule has 0 unspecified atom stereocenters. The summed E-state index contributed by atoms with van der Waals surface area (Å²) in [5, 5.41) is 3.61. The third-order valence-corrected chi connectivity index (χ3v) is 4.48. The second-order valence-corrected chi connectivity index (χ2v) is 7.63. The highest BCUT2D eigenvalue weighted by atomic mass is 14.9. The largest absolute Gasteiger partial charge is 0.386 e. The Labute approximate surface area is 138 Å². The summed E-state index contributed by atoms with van der Waals surface area (Å²) in [5.74, 6) is 0.519. The lowest BCUT2D eigenvalue weighted by Gasteiger charge is -2.30. The van der Waals surface area contributed by atoms with Crippen LogP contribution in [0.1, 0.15) is 65.9 Å². The molecule has 2 atom stereocenters. The van der Waals surface area contributed by atoms with Gasteiger partial charge < -0.3 is 5.32 Å². The molecule has 0 heterocycles. The maximum Gasteiger partial charge on any atom is 0.0270 e. The van der Waals surface area contributed by atoms with E-state index >= 15 is 0 Å². The molecule has 1 N–H and O–H groups in total. The molecule has 0 spiro atoms. The maximum absolute atomic E-state index is 4.29. The van der Waals surface area contributed by atoms with Crippen LogP contribution < -0.4 is 5.32 Å². The van der Waals surface area contributed by atoms with Gasteiger partial charge in [-0.1, -0.05) is 77.4 Å². The van der Waals surface area contributed by atoms with Gasteiger partial charge in [-0.15, -0.1) is 0 Å². The van der Waals surface area contributed by atoms with Gasteiger partial charge in [0.05, 0.1) is 0 Å². The van der Waals surface area contributed by atoms with Gasteiger partial charge in [0.2, 0.25) is 0 Å². The van der Waals surface area contributed by atoms with Gasteiger partial charge in [0.15, 0.2) is 0 Å². The molecule has 0 saturated heterocycles. The highest BCUT2D eigenvalue weighted by Crippen LogP contribution is 2.33. The topological polar surface area (TPSA) is 12.0 Å². The lowest BCUT2D eigenvalue weighted by atomic mass is 9.78. The Morgan fingerprint density at radius 1 is 1.18 bits per heavy atom. The number of rotatable bonds is 10. The first-order valence-corrected chi connectivity index (χ1v) is 8.83. The van der Waals surface area contributed by atoms with Crippen LogP contribution in [0.4, 0.5) is 0 Å². The summed E-state index contributed by atoms with van der Waals surface area (Å²) >= 11 is 0. The van der Waals surface area contributed by atoms with Crippen molar-refractivity contribution in [3.63, 3.8) is 0 Å². The Balaban J connectivity index is 2.43. The van der Waals surface area contributed by atoms with E-state index in [1.807, 2.05) is 0 Å². The number of allylic oxidation sites excluding steroid dienone is 1. The lowest BCUT2D eigenvalue weighted by molar-refractivity contribution is 0.259. The zero-order valence-corrected chi connectivity index (χ0v) is 15.3. The third-order valence-electron chi connectivity index (χ3n) is 4.48. The van der Waals surface area contributed by atoms with Gasteiger partial charge in [-0.3, -0.25) is 0 Å². The van der Waals surface area contributed by atoms with Crippen LogP contribution in [0.5, 0.6) is 0 Å². The Hall–Kier alpha value is -1.24. The van der Waals surface area contributed by atoms with E-state index in [4.69, 9.17) is 0 Å². The summed E-state index contributed by atoms with van der Waals surface area (Å²) in [6.45, 7) is 15.9. The van der Waals surface area contributed by atoms with Gasteiger partial charge in [-0.05, 0) is 43.1 Å².